The van der Waals surface area contributed by atoms with Gasteiger partial charge >= 0.3 is 0 Å². The Morgan fingerprint density at radius 1 is 1.33 bits per heavy atom. The fourth-order valence-corrected chi connectivity index (χ4v) is 2.45. The van der Waals surface area contributed by atoms with E-state index in [9.17, 15) is 5.11 Å². The minimum Gasteiger partial charge on any atom is -0.391 e. The molecule has 0 amide bonds. The summed E-state index contributed by atoms with van der Waals surface area (Å²) in [7, 11) is 0. The Morgan fingerprint density at radius 2 is 2.06 bits per heavy atom. The summed E-state index contributed by atoms with van der Waals surface area (Å²) in [4.78, 5) is 0. The van der Waals surface area contributed by atoms with Crippen molar-refractivity contribution >= 4 is 0 Å². The lowest BCUT2D eigenvalue weighted by atomic mass is 10.1. The van der Waals surface area contributed by atoms with E-state index in [0.717, 1.165) is 12.8 Å². The van der Waals surface area contributed by atoms with Crippen LogP contribution in [0.2, 0.25) is 0 Å². The Bertz CT molecular complexity index is 279. The molecular formula is C13H24O5. The maximum absolute atomic E-state index is 9.75. The highest BCUT2D eigenvalue weighted by Crippen LogP contribution is 2.39. The van der Waals surface area contributed by atoms with Gasteiger partial charge < -0.3 is 24.1 Å². The second-order valence-corrected chi connectivity index (χ2v) is 5.50. The molecule has 2 rings (SSSR count). The Balaban J connectivity index is 2.01. The van der Waals surface area contributed by atoms with Gasteiger partial charge in [0, 0.05) is 6.61 Å². The summed E-state index contributed by atoms with van der Waals surface area (Å²) in [5, 5.41) is 9.75. The second kappa shape index (κ2) is 5.43. The molecule has 5 heteroatoms. The summed E-state index contributed by atoms with van der Waals surface area (Å²) in [6.45, 7) is 8.18. The van der Waals surface area contributed by atoms with Crippen molar-refractivity contribution in [2.24, 2.45) is 0 Å². The van der Waals surface area contributed by atoms with Crippen LogP contribution in [0.4, 0.5) is 0 Å². The van der Waals surface area contributed by atoms with Crippen LogP contribution in [0.5, 0.6) is 0 Å². The van der Waals surface area contributed by atoms with Crippen molar-refractivity contribution in [2.45, 2.75) is 77.0 Å². The van der Waals surface area contributed by atoms with Crippen molar-refractivity contribution in [1.82, 2.24) is 0 Å². The number of aliphatic hydroxyl groups excluding tert-OH is 1. The third-order valence-electron chi connectivity index (χ3n) is 3.31. The van der Waals surface area contributed by atoms with Gasteiger partial charge in [-0.3, -0.25) is 0 Å². The third-order valence-corrected chi connectivity index (χ3v) is 3.31. The van der Waals surface area contributed by atoms with Crippen molar-refractivity contribution in [3.05, 3.63) is 0 Å². The van der Waals surface area contributed by atoms with Crippen LogP contribution in [0.3, 0.4) is 0 Å². The molecule has 5 atom stereocenters. The van der Waals surface area contributed by atoms with Gasteiger partial charge in [0.1, 0.15) is 18.3 Å². The topological polar surface area (TPSA) is 57.2 Å². The maximum Gasteiger partial charge on any atom is 0.190 e. The zero-order valence-electron chi connectivity index (χ0n) is 11.6. The van der Waals surface area contributed by atoms with Crippen molar-refractivity contribution in [3.8, 4) is 0 Å². The van der Waals surface area contributed by atoms with Crippen LogP contribution in [0.1, 0.15) is 40.5 Å². The van der Waals surface area contributed by atoms with E-state index in [0.29, 0.717) is 6.61 Å². The summed E-state index contributed by atoms with van der Waals surface area (Å²) in [6.07, 6.45) is 0.130. The van der Waals surface area contributed by atoms with E-state index < -0.39 is 18.2 Å². The maximum atomic E-state index is 9.75. The first-order chi connectivity index (χ1) is 8.44. The highest BCUT2D eigenvalue weighted by atomic mass is 16.8. The second-order valence-electron chi connectivity index (χ2n) is 5.50. The van der Waals surface area contributed by atoms with Gasteiger partial charge in [-0.25, -0.2) is 0 Å². The molecule has 0 spiro atoms. The molecule has 2 aliphatic heterocycles. The average molecular weight is 260 g/mol. The van der Waals surface area contributed by atoms with Crippen molar-refractivity contribution in [1.29, 1.82) is 0 Å². The molecule has 0 unspecified atom stereocenters. The number of rotatable bonds is 5. The SMILES string of the molecule is CCCCO[C@H]1[C@H]2OC(C)(C)O[C@H]2O[C@@H]1[C@@H](C)O. The van der Waals surface area contributed by atoms with Crippen molar-refractivity contribution in [2.75, 3.05) is 6.61 Å². The monoisotopic (exact) mass is 260 g/mol. The molecule has 106 valence electrons. The van der Waals surface area contributed by atoms with Crippen LogP contribution < -0.4 is 0 Å². The highest BCUT2D eigenvalue weighted by molar-refractivity contribution is 4.95. The molecule has 0 radical (unpaired) electrons. The van der Waals surface area contributed by atoms with Crippen LogP contribution in [-0.4, -0.2) is 48.2 Å². The summed E-state index contributed by atoms with van der Waals surface area (Å²) < 4.78 is 23.0. The standard InChI is InChI=1S/C13H24O5/c1-5-6-7-15-10-9(8(2)14)16-12-11(10)17-13(3,4)18-12/h8-12,14H,5-7H2,1-4H3/t8-,9-,10-,11-,12-/m1/s1. The Kier molecular flexibility index (Phi) is 4.29. The molecular weight excluding hydrogens is 236 g/mol. The predicted molar refractivity (Wildman–Crippen MR) is 65.0 cm³/mol. The summed E-state index contributed by atoms with van der Waals surface area (Å²) in [6, 6.07) is 0. The average Bonchev–Trinajstić information content (AvgIpc) is 2.72. The number of hydrogen-bond donors (Lipinski definition) is 1. The molecule has 0 bridgehead atoms. The highest BCUT2D eigenvalue weighted by Gasteiger charge is 2.56. The zero-order valence-corrected chi connectivity index (χ0v) is 11.6. The number of ether oxygens (including phenoxy) is 4. The Labute approximate surface area is 108 Å². The molecule has 5 nitrogen and oxygen atoms in total. The molecule has 1 N–H and O–H groups in total. The molecule has 0 aliphatic carbocycles. The van der Waals surface area contributed by atoms with Crippen LogP contribution in [0.25, 0.3) is 0 Å². The van der Waals surface area contributed by atoms with Crippen LogP contribution in [0, 0.1) is 0 Å². The van der Waals surface area contributed by atoms with E-state index in [1.165, 1.54) is 0 Å². The lowest BCUT2D eigenvalue weighted by molar-refractivity contribution is -0.228. The zero-order chi connectivity index (χ0) is 13.3. The van der Waals surface area contributed by atoms with Gasteiger partial charge in [0.2, 0.25) is 0 Å². The summed E-state index contributed by atoms with van der Waals surface area (Å²) >= 11 is 0. The quantitative estimate of drug-likeness (QED) is 0.758. The Hall–Kier alpha value is -0.200. The van der Waals surface area contributed by atoms with E-state index in [4.69, 9.17) is 18.9 Å². The fourth-order valence-electron chi connectivity index (χ4n) is 2.45. The molecule has 2 aliphatic rings. The molecule has 2 fully saturated rings. The summed E-state index contributed by atoms with van der Waals surface area (Å²) in [5.74, 6) is -0.647. The summed E-state index contributed by atoms with van der Waals surface area (Å²) in [5.41, 5.74) is 0. The first kappa shape index (κ1) is 14.2. The van der Waals surface area contributed by atoms with Gasteiger partial charge in [-0.15, -0.1) is 0 Å². The largest absolute Gasteiger partial charge is 0.391 e. The van der Waals surface area contributed by atoms with Crippen LogP contribution in [0.15, 0.2) is 0 Å². The van der Waals surface area contributed by atoms with E-state index in [1.807, 2.05) is 13.8 Å². The van der Waals surface area contributed by atoms with Crippen LogP contribution >= 0.6 is 0 Å². The fraction of sp³-hybridized carbons (Fsp3) is 1.00. The normalized spacial score (nSPS) is 39.8. The first-order valence-electron chi connectivity index (χ1n) is 6.75. The molecule has 0 aromatic rings. The molecule has 0 aromatic heterocycles. The van der Waals surface area contributed by atoms with Crippen LogP contribution in [-0.2, 0) is 18.9 Å². The minimum absolute atomic E-state index is 0.253. The smallest absolute Gasteiger partial charge is 0.190 e. The Morgan fingerprint density at radius 3 is 2.67 bits per heavy atom. The van der Waals surface area contributed by atoms with E-state index in [1.54, 1.807) is 6.92 Å². The van der Waals surface area contributed by atoms with Gasteiger partial charge in [-0.2, -0.15) is 0 Å². The van der Waals surface area contributed by atoms with E-state index in [-0.39, 0.29) is 18.3 Å². The minimum atomic E-state index is -0.647. The molecule has 0 aromatic carbocycles. The van der Waals surface area contributed by atoms with Gasteiger partial charge in [0.25, 0.3) is 0 Å². The number of aliphatic hydroxyl groups is 1. The van der Waals surface area contributed by atoms with Crippen molar-refractivity contribution in [3.63, 3.8) is 0 Å². The number of unbranched alkanes of at least 4 members (excludes halogenated alkanes) is 1. The third kappa shape index (κ3) is 2.86. The predicted octanol–water partition coefficient (Wildman–Crippen LogP) is 1.43. The molecule has 18 heavy (non-hydrogen) atoms. The lowest BCUT2D eigenvalue weighted by Crippen LogP contribution is -2.41. The van der Waals surface area contributed by atoms with Gasteiger partial charge in [0.15, 0.2) is 12.1 Å². The van der Waals surface area contributed by atoms with E-state index >= 15 is 0 Å². The molecule has 2 saturated heterocycles. The molecule has 0 saturated carbocycles. The molecule has 2 heterocycles. The van der Waals surface area contributed by atoms with Gasteiger partial charge in [-0.1, -0.05) is 13.3 Å². The number of hydrogen-bond acceptors (Lipinski definition) is 5. The van der Waals surface area contributed by atoms with Crippen molar-refractivity contribution < 1.29 is 24.1 Å². The first-order valence-corrected chi connectivity index (χ1v) is 6.75. The van der Waals surface area contributed by atoms with Gasteiger partial charge in [0.05, 0.1) is 6.10 Å². The number of fused-ring (bicyclic) bond motifs is 1. The van der Waals surface area contributed by atoms with E-state index in [2.05, 4.69) is 6.92 Å². The van der Waals surface area contributed by atoms with Gasteiger partial charge in [-0.05, 0) is 27.2 Å². The lowest BCUT2D eigenvalue weighted by Gasteiger charge is -2.27.